The second-order valence-corrected chi connectivity index (χ2v) is 4.25. The van der Waals surface area contributed by atoms with Crippen LogP contribution in [0, 0.1) is 0 Å². The molecule has 1 aromatic heterocycles. The van der Waals surface area contributed by atoms with E-state index in [1.807, 2.05) is 6.07 Å². The van der Waals surface area contributed by atoms with Gasteiger partial charge in [-0.25, -0.2) is 10.8 Å². The van der Waals surface area contributed by atoms with Gasteiger partial charge in [-0.3, -0.25) is 5.43 Å². The molecule has 1 aliphatic rings. The summed E-state index contributed by atoms with van der Waals surface area (Å²) in [5.41, 5.74) is 5.19. The van der Waals surface area contributed by atoms with Gasteiger partial charge in [0, 0.05) is 12.3 Å². The maximum Gasteiger partial charge on any atom is 0.240 e. The van der Waals surface area contributed by atoms with Crippen LogP contribution in [0.2, 0.25) is 0 Å². The number of benzene rings is 1. The zero-order chi connectivity index (χ0) is 12.4. The number of rotatable bonds is 3. The number of aryl methyl sites for hydroxylation is 2. The molecule has 92 valence electrons. The predicted molar refractivity (Wildman–Crippen MR) is 68.4 cm³/mol. The number of nitrogens with one attached hydrogen (secondary N) is 1. The van der Waals surface area contributed by atoms with Gasteiger partial charge in [0.1, 0.15) is 5.75 Å². The number of nitrogens with zero attached hydrogens (tertiary/aromatic N) is 2. The summed E-state index contributed by atoms with van der Waals surface area (Å²) in [4.78, 5) is 8.04. The van der Waals surface area contributed by atoms with E-state index in [2.05, 4.69) is 27.5 Å². The molecule has 1 aromatic carbocycles. The Morgan fingerprint density at radius 1 is 1.17 bits per heavy atom. The predicted octanol–water partition coefficient (Wildman–Crippen LogP) is 2.04. The van der Waals surface area contributed by atoms with Gasteiger partial charge in [0.05, 0.1) is 0 Å². The molecule has 5 nitrogen and oxygen atoms in total. The van der Waals surface area contributed by atoms with E-state index in [9.17, 15) is 0 Å². The van der Waals surface area contributed by atoms with E-state index in [0.29, 0.717) is 11.8 Å². The molecule has 0 saturated heterocycles. The summed E-state index contributed by atoms with van der Waals surface area (Å²) in [7, 11) is 0. The molecule has 18 heavy (non-hydrogen) atoms. The van der Waals surface area contributed by atoms with Gasteiger partial charge in [0.15, 0.2) is 0 Å². The maximum absolute atomic E-state index is 5.70. The van der Waals surface area contributed by atoms with Crippen LogP contribution >= 0.6 is 0 Å². The molecule has 1 aliphatic carbocycles. The van der Waals surface area contributed by atoms with Crippen molar-refractivity contribution < 1.29 is 4.74 Å². The molecule has 0 bridgehead atoms. The Morgan fingerprint density at radius 3 is 2.94 bits per heavy atom. The van der Waals surface area contributed by atoms with E-state index < -0.39 is 0 Å². The van der Waals surface area contributed by atoms with Gasteiger partial charge in [-0.05, 0) is 42.5 Å². The highest BCUT2D eigenvalue weighted by Crippen LogP contribution is 2.28. The minimum Gasteiger partial charge on any atom is -0.439 e. The Balaban J connectivity index is 1.83. The molecule has 0 radical (unpaired) electrons. The Bertz CT molecular complexity index is 571. The van der Waals surface area contributed by atoms with Gasteiger partial charge in [-0.1, -0.05) is 6.07 Å². The Morgan fingerprint density at radius 2 is 2.06 bits per heavy atom. The summed E-state index contributed by atoms with van der Waals surface area (Å²) >= 11 is 0. The lowest BCUT2D eigenvalue weighted by atomic mass is 10.1. The number of anilines is 1. The average molecular weight is 242 g/mol. The van der Waals surface area contributed by atoms with E-state index in [1.165, 1.54) is 24.0 Å². The molecule has 3 N–H and O–H groups in total. The van der Waals surface area contributed by atoms with E-state index in [1.54, 1.807) is 12.3 Å². The Labute approximate surface area is 105 Å². The van der Waals surface area contributed by atoms with Crippen molar-refractivity contribution in [3.63, 3.8) is 0 Å². The molecule has 0 fully saturated rings. The fourth-order valence-corrected chi connectivity index (χ4v) is 2.20. The van der Waals surface area contributed by atoms with E-state index in [0.717, 1.165) is 12.2 Å². The number of hydrazine groups is 1. The molecular formula is C13H14N4O. The first-order valence-electron chi connectivity index (χ1n) is 5.94. The summed E-state index contributed by atoms with van der Waals surface area (Å²) in [6.45, 7) is 0. The molecule has 0 amide bonds. The van der Waals surface area contributed by atoms with Crippen LogP contribution < -0.4 is 16.0 Å². The lowest BCUT2D eigenvalue weighted by molar-refractivity contribution is 0.462. The third-order valence-electron chi connectivity index (χ3n) is 3.05. The molecule has 1 heterocycles. The SMILES string of the molecule is NNc1nccc(Oc2ccc3c(c2)CCC3)n1. The Kier molecular flexibility index (Phi) is 2.82. The van der Waals surface area contributed by atoms with Crippen LogP contribution in [0.3, 0.4) is 0 Å². The van der Waals surface area contributed by atoms with Crippen molar-refractivity contribution in [1.29, 1.82) is 0 Å². The highest BCUT2D eigenvalue weighted by Gasteiger charge is 2.11. The number of hydrogen-bond acceptors (Lipinski definition) is 5. The van der Waals surface area contributed by atoms with Crippen LogP contribution in [0.15, 0.2) is 30.5 Å². The maximum atomic E-state index is 5.70. The first-order valence-corrected chi connectivity index (χ1v) is 5.94. The minimum atomic E-state index is 0.341. The van der Waals surface area contributed by atoms with Crippen molar-refractivity contribution in [2.24, 2.45) is 5.84 Å². The standard InChI is InChI=1S/C13H14N4O/c14-17-13-15-7-6-12(16-13)18-11-5-4-9-2-1-3-10(9)8-11/h4-8H,1-3,14H2,(H,15,16,17). The quantitative estimate of drug-likeness (QED) is 0.636. The highest BCUT2D eigenvalue weighted by molar-refractivity contribution is 5.40. The zero-order valence-electron chi connectivity index (χ0n) is 9.89. The van der Waals surface area contributed by atoms with Crippen molar-refractivity contribution in [3.8, 4) is 11.6 Å². The topological polar surface area (TPSA) is 73.1 Å². The smallest absolute Gasteiger partial charge is 0.240 e. The largest absolute Gasteiger partial charge is 0.439 e. The third kappa shape index (κ3) is 2.12. The van der Waals surface area contributed by atoms with Crippen LogP contribution in [0.4, 0.5) is 5.95 Å². The van der Waals surface area contributed by atoms with Gasteiger partial charge in [0.25, 0.3) is 0 Å². The fraction of sp³-hybridized carbons (Fsp3) is 0.231. The second-order valence-electron chi connectivity index (χ2n) is 4.25. The normalized spacial score (nSPS) is 13.2. The molecule has 0 spiro atoms. The second kappa shape index (κ2) is 4.62. The molecule has 0 atom stereocenters. The van der Waals surface area contributed by atoms with Crippen LogP contribution in [0.25, 0.3) is 0 Å². The van der Waals surface area contributed by atoms with Gasteiger partial charge in [-0.15, -0.1) is 0 Å². The third-order valence-corrected chi connectivity index (χ3v) is 3.05. The van der Waals surface area contributed by atoms with E-state index in [4.69, 9.17) is 10.6 Å². The van der Waals surface area contributed by atoms with Crippen LogP contribution in [0.1, 0.15) is 17.5 Å². The Hall–Kier alpha value is -2.14. The van der Waals surface area contributed by atoms with Gasteiger partial charge in [0.2, 0.25) is 11.8 Å². The fourth-order valence-electron chi connectivity index (χ4n) is 2.20. The first kappa shape index (κ1) is 11.0. The van der Waals surface area contributed by atoms with Crippen molar-refractivity contribution in [2.75, 3.05) is 5.43 Å². The monoisotopic (exact) mass is 242 g/mol. The van der Waals surface area contributed by atoms with Crippen molar-refractivity contribution in [3.05, 3.63) is 41.6 Å². The van der Waals surface area contributed by atoms with Gasteiger partial charge in [-0.2, -0.15) is 4.98 Å². The van der Waals surface area contributed by atoms with Crippen molar-refractivity contribution in [2.45, 2.75) is 19.3 Å². The van der Waals surface area contributed by atoms with Gasteiger partial charge >= 0.3 is 0 Å². The first-order chi connectivity index (χ1) is 8.85. The van der Waals surface area contributed by atoms with Crippen molar-refractivity contribution in [1.82, 2.24) is 9.97 Å². The number of nitrogen functional groups attached to an aromatic ring is 1. The lowest BCUT2D eigenvalue weighted by Crippen LogP contribution is -2.10. The summed E-state index contributed by atoms with van der Waals surface area (Å²) in [5, 5.41) is 0. The molecule has 3 rings (SSSR count). The molecular weight excluding hydrogens is 228 g/mol. The van der Waals surface area contributed by atoms with E-state index in [-0.39, 0.29) is 0 Å². The lowest BCUT2D eigenvalue weighted by Gasteiger charge is -2.07. The molecule has 5 heteroatoms. The van der Waals surface area contributed by atoms with Gasteiger partial charge < -0.3 is 4.74 Å². The summed E-state index contributed by atoms with van der Waals surface area (Å²) in [6, 6.07) is 7.89. The number of aromatic nitrogens is 2. The molecule has 0 saturated carbocycles. The minimum absolute atomic E-state index is 0.341. The highest BCUT2D eigenvalue weighted by atomic mass is 16.5. The van der Waals surface area contributed by atoms with Crippen LogP contribution in [-0.4, -0.2) is 9.97 Å². The van der Waals surface area contributed by atoms with Crippen molar-refractivity contribution >= 4 is 5.95 Å². The molecule has 0 unspecified atom stereocenters. The number of fused-ring (bicyclic) bond motifs is 1. The molecule has 0 aliphatic heterocycles. The van der Waals surface area contributed by atoms with Crippen LogP contribution in [-0.2, 0) is 12.8 Å². The zero-order valence-corrected chi connectivity index (χ0v) is 9.89. The van der Waals surface area contributed by atoms with E-state index >= 15 is 0 Å². The number of nitrogens with two attached hydrogens (primary N) is 1. The summed E-state index contributed by atoms with van der Waals surface area (Å²) in [6.07, 6.45) is 5.13. The summed E-state index contributed by atoms with van der Waals surface area (Å²) < 4.78 is 5.70. The summed E-state index contributed by atoms with van der Waals surface area (Å²) in [5.74, 6) is 6.88. The molecule has 2 aromatic rings. The van der Waals surface area contributed by atoms with Crippen LogP contribution in [0.5, 0.6) is 11.6 Å². The average Bonchev–Trinajstić information content (AvgIpc) is 2.86. The number of hydrogen-bond donors (Lipinski definition) is 2. The number of ether oxygens (including phenoxy) is 1.